The number of hydrogen-bond acceptors (Lipinski definition) is 6. The molecule has 7 heteroatoms. The molecule has 3 N–H and O–H groups in total. The van der Waals surface area contributed by atoms with E-state index in [2.05, 4.69) is 16.9 Å². The molecule has 0 bridgehead atoms. The van der Waals surface area contributed by atoms with Crippen molar-refractivity contribution in [2.24, 2.45) is 5.73 Å². The van der Waals surface area contributed by atoms with Crippen LogP contribution in [0.5, 0.6) is 0 Å². The Morgan fingerprint density at radius 3 is 2.43 bits per heavy atom. The van der Waals surface area contributed by atoms with E-state index in [1.54, 1.807) is 11.3 Å². The van der Waals surface area contributed by atoms with Crippen molar-refractivity contribution in [2.75, 3.05) is 25.5 Å². The highest BCUT2D eigenvalue weighted by atomic mass is 32.1. The number of rotatable bonds is 3. The number of carbonyl (C=O) groups excluding carboxylic acids is 1. The molecule has 0 saturated carbocycles. The second-order valence-electron chi connectivity index (χ2n) is 5.48. The van der Waals surface area contributed by atoms with Crippen molar-refractivity contribution < 1.29 is 9.53 Å². The van der Waals surface area contributed by atoms with Crippen molar-refractivity contribution in [3.63, 3.8) is 0 Å². The fourth-order valence-electron chi connectivity index (χ4n) is 1.24. The SMILES string of the molecule is C=C(N)CN(C)c1cnc(C)s1.CNC(=O)OC(C)(C)C. The highest BCUT2D eigenvalue weighted by molar-refractivity contribution is 7.15. The first-order valence-electron chi connectivity index (χ1n) is 6.52. The van der Waals surface area contributed by atoms with Crippen LogP contribution in [0.3, 0.4) is 0 Å². The third-order valence-corrected chi connectivity index (χ3v) is 3.06. The van der Waals surface area contributed by atoms with Crippen molar-refractivity contribution in [2.45, 2.75) is 33.3 Å². The van der Waals surface area contributed by atoms with Gasteiger partial charge in [0.1, 0.15) is 10.6 Å². The minimum absolute atomic E-state index is 0.387. The van der Waals surface area contributed by atoms with Gasteiger partial charge in [-0.25, -0.2) is 9.78 Å². The number of carbonyl (C=O) groups is 1. The fourth-order valence-corrected chi connectivity index (χ4v) is 1.97. The van der Waals surface area contributed by atoms with Crippen LogP contribution in [0.4, 0.5) is 9.80 Å². The van der Waals surface area contributed by atoms with Crippen molar-refractivity contribution >= 4 is 22.4 Å². The van der Waals surface area contributed by atoms with E-state index in [0.717, 1.165) is 10.0 Å². The van der Waals surface area contributed by atoms with E-state index in [4.69, 9.17) is 10.5 Å². The number of aryl methyl sites for hydroxylation is 1. The number of ether oxygens (including phenoxy) is 1. The second kappa shape index (κ2) is 8.51. The summed E-state index contributed by atoms with van der Waals surface area (Å²) in [5.74, 6) is 0. The average molecular weight is 314 g/mol. The van der Waals surface area contributed by atoms with E-state index in [0.29, 0.717) is 12.2 Å². The molecule has 0 fully saturated rings. The first-order valence-corrected chi connectivity index (χ1v) is 7.34. The van der Waals surface area contributed by atoms with Gasteiger partial charge in [-0.05, 0) is 27.7 Å². The maximum Gasteiger partial charge on any atom is 0.407 e. The monoisotopic (exact) mass is 314 g/mol. The van der Waals surface area contributed by atoms with Gasteiger partial charge in [-0.3, -0.25) is 0 Å². The number of amides is 1. The fraction of sp³-hybridized carbons (Fsp3) is 0.571. The first-order chi connectivity index (χ1) is 9.55. The van der Waals surface area contributed by atoms with Crippen molar-refractivity contribution in [3.8, 4) is 0 Å². The molecule has 0 radical (unpaired) electrons. The van der Waals surface area contributed by atoms with Crippen molar-refractivity contribution in [1.82, 2.24) is 10.3 Å². The lowest BCUT2D eigenvalue weighted by molar-refractivity contribution is 0.0541. The van der Waals surface area contributed by atoms with Crippen LogP contribution in [0, 0.1) is 6.92 Å². The Kier molecular flexibility index (Phi) is 7.80. The molecule has 0 aliphatic heterocycles. The average Bonchev–Trinajstić information content (AvgIpc) is 2.73. The van der Waals surface area contributed by atoms with Gasteiger partial charge in [0.05, 0.1) is 17.7 Å². The second-order valence-corrected chi connectivity index (χ2v) is 6.70. The smallest absolute Gasteiger partial charge is 0.407 e. The minimum Gasteiger partial charge on any atom is -0.444 e. The number of nitrogens with zero attached hydrogens (tertiary/aromatic N) is 2. The Balaban J connectivity index is 0.000000400. The van der Waals surface area contributed by atoms with E-state index < -0.39 is 0 Å². The van der Waals surface area contributed by atoms with Gasteiger partial charge in [0.25, 0.3) is 0 Å². The van der Waals surface area contributed by atoms with Gasteiger partial charge in [-0.2, -0.15) is 0 Å². The van der Waals surface area contributed by atoms with Crippen LogP contribution in [-0.2, 0) is 4.74 Å². The van der Waals surface area contributed by atoms with Crippen LogP contribution >= 0.6 is 11.3 Å². The largest absolute Gasteiger partial charge is 0.444 e. The molecule has 1 aromatic heterocycles. The highest BCUT2D eigenvalue weighted by Crippen LogP contribution is 2.21. The van der Waals surface area contributed by atoms with Crippen LogP contribution in [0.1, 0.15) is 25.8 Å². The quantitative estimate of drug-likeness (QED) is 0.896. The zero-order valence-electron chi connectivity index (χ0n) is 13.7. The molecule has 1 heterocycles. The van der Waals surface area contributed by atoms with E-state index in [9.17, 15) is 4.79 Å². The van der Waals surface area contributed by atoms with E-state index in [1.807, 2.05) is 45.8 Å². The number of nitrogens with one attached hydrogen (secondary N) is 1. The summed E-state index contributed by atoms with van der Waals surface area (Å²) in [6.45, 7) is 11.8. The van der Waals surface area contributed by atoms with Gasteiger partial charge in [0, 0.05) is 19.8 Å². The van der Waals surface area contributed by atoms with Crippen LogP contribution in [0.2, 0.25) is 0 Å². The maximum atomic E-state index is 10.5. The van der Waals surface area contributed by atoms with Crippen LogP contribution in [-0.4, -0.2) is 37.3 Å². The van der Waals surface area contributed by atoms with Gasteiger partial charge in [-0.1, -0.05) is 6.58 Å². The van der Waals surface area contributed by atoms with Gasteiger partial charge >= 0.3 is 6.09 Å². The normalized spacial score (nSPS) is 10.2. The lowest BCUT2D eigenvalue weighted by atomic mass is 10.2. The summed E-state index contributed by atoms with van der Waals surface area (Å²) in [6.07, 6.45) is 1.46. The van der Waals surface area contributed by atoms with Gasteiger partial charge in [-0.15, -0.1) is 11.3 Å². The van der Waals surface area contributed by atoms with Crippen LogP contribution in [0.25, 0.3) is 0 Å². The molecule has 0 saturated heterocycles. The number of alkyl carbamates (subject to hydrolysis) is 1. The Morgan fingerprint density at radius 2 is 2.14 bits per heavy atom. The molecule has 1 amide bonds. The Morgan fingerprint density at radius 1 is 1.57 bits per heavy atom. The van der Waals surface area contributed by atoms with Gasteiger partial charge < -0.3 is 20.7 Å². The summed E-state index contributed by atoms with van der Waals surface area (Å²) in [7, 11) is 3.51. The lowest BCUT2D eigenvalue weighted by Gasteiger charge is -2.18. The number of aromatic nitrogens is 1. The third kappa shape index (κ3) is 9.73. The van der Waals surface area contributed by atoms with E-state index in [-0.39, 0.29) is 11.7 Å². The molecule has 6 nitrogen and oxygen atoms in total. The molecule has 0 spiro atoms. The molecular formula is C14H26N4O2S. The summed E-state index contributed by atoms with van der Waals surface area (Å²) in [6, 6.07) is 0. The Hall–Kier alpha value is -1.76. The topological polar surface area (TPSA) is 80.5 Å². The summed E-state index contributed by atoms with van der Waals surface area (Å²) in [4.78, 5) is 16.7. The Bertz CT molecular complexity index is 466. The van der Waals surface area contributed by atoms with Gasteiger partial charge in [0.15, 0.2) is 0 Å². The third-order valence-electron chi connectivity index (χ3n) is 2.03. The minimum atomic E-state index is -0.389. The summed E-state index contributed by atoms with van der Waals surface area (Å²) in [5, 5.41) is 4.55. The molecule has 0 aliphatic carbocycles. The number of thiazole rings is 1. The predicted octanol–water partition coefficient (Wildman–Crippen LogP) is 2.50. The number of anilines is 1. The molecule has 1 rings (SSSR count). The van der Waals surface area contributed by atoms with E-state index >= 15 is 0 Å². The molecular weight excluding hydrogens is 288 g/mol. The molecule has 0 unspecified atom stereocenters. The number of likely N-dealkylation sites (N-methyl/N-ethyl adjacent to an activating group) is 1. The van der Waals surface area contributed by atoms with E-state index in [1.165, 1.54) is 7.05 Å². The van der Waals surface area contributed by atoms with Crippen molar-refractivity contribution in [3.05, 3.63) is 23.5 Å². The summed E-state index contributed by atoms with van der Waals surface area (Å²) < 4.78 is 4.84. The standard InChI is InChI=1S/C8H13N3S.C6H13NO2/c1-6(9)5-11(3)8-4-10-7(2)12-8;1-6(2,3)9-5(8)7-4/h4H,1,5,9H2,2-3H3;1-4H3,(H,7,8). The van der Waals surface area contributed by atoms with Crippen LogP contribution < -0.4 is 16.0 Å². The lowest BCUT2D eigenvalue weighted by Crippen LogP contribution is -2.30. The predicted molar refractivity (Wildman–Crippen MR) is 88.7 cm³/mol. The van der Waals surface area contributed by atoms with Gasteiger partial charge in [0.2, 0.25) is 0 Å². The number of hydrogen-bond donors (Lipinski definition) is 2. The number of nitrogens with two attached hydrogens (primary N) is 1. The molecule has 120 valence electrons. The Labute approximate surface area is 131 Å². The summed E-state index contributed by atoms with van der Waals surface area (Å²) >= 11 is 1.66. The molecule has 0 atom stereocenters. The summed E-state index contributed by atoms with van der Waals surface area (Å²) in [5.41, 5.74) is 5.77. The zero-order chi connectivity index (χ0) is 16.6. The molecule has 0 aliphatic rings. The first kappa shape index (κ1) is 19.2. The maximum absolute atomic E-state index is 10.5. The van der Waals surface area contributed by atoms with Crippen LogP contribution in [0.15, 0.2) is 18.5 Å². The molecule has 21 heavy (non-hydrogen) atoms. The molecule has 0 aromatic carbocycles. The molecule has 1 aromatic rings. The highest BCUT2D eigenvalue weighted by Gasteiger charge is 2.13. The zero-order valence-corrected chi connectivity index (χ0v) is 14.5. The van der Waals surface area contributed by atoms with Crippen molar-refractivity contribution in [1.29, 1.82) is 0 Å².